The second kappa shape index (κ2) is 4.15. The van der Waals surface area contributed by atoms with Gasteiger partial charge in [0, 0.05) is 10.7 Å². The van der Waals surface area contributed by atoms with Gasteiger partial charge in [0.25, 0.3) is 0 Å². The lowest BCUT2D eigenvalue weighted by atomic mass is 10.0. The van der Waals surface area contributed by atoms with Crippen molar-refractivity contribution in [3.63, 3.8) is 0 Å². The molecule has 1 aromatic carbocycles. The van der Waals surface area contributed by atoms with Crippen LogP contribution >= 0.6 is 10.7 Å². The van der Waals surface area contributed by atoms with Crippen LogP contribution in [-0.4, -0.2) is 14.2 Å². The zero-order valence-corrected chi connectivity index (χ0v) is 9.40. The van der Waals surface area contributed by atoms with Gasteiger partial charge in [0.15, 0.2) is 0 Å². The van der Waals surface area contributed by atoms with Gasteiger partial charge in [-0.25, -0.2) is 8.42 Å². The van der Waals surface area contributed by atoms with E-state index in [0.29, 0.717) is 5.57 Å². The number of halogens is 1. The van der Waals surface area contributed by atoms with Crippen LogP contribution in [0, 0.1) is 6.92 Å². The Morgan fingerprint density at radius 3 is 2.50 bits per heavy atom. The molecule has 0 fully saturated rings. The maximum Gasteiger partial charge on any atom is 0.236 e. The van der Waals surface area contributed by atoms with Crippen molar-refractivity contribution in [2.45, 2.75) is 6.92 Å². The minimum Gasteiger partial charge on any atom is -0.212 e. The van der Waals surface area contributed by atoms with Gasteiger partial charge in [-0.3, -0.25) is 0 Å². The third kappa shape index (κ3) is 3.16. The normalized spacial score (nSPS) is 11.3. The van der Waals surface area contributed by atoms with Gasteiger partial charge in [-0.05, 0) is 23.6 Å². The van der Waals surface area contributed by atoms with E-state index in [1.807, 2.05) is 31.2 Å². The van der Waals surface area contributed by atoms with E-state index in [4.69, 9.17) is 10.7 Å². The van der Waals surface area contributed by atoms with E-state index in [0.717, 1.165) is 11.1 Å². The standard InChI is InChI=1S/C10H11ClO2S/c1-8-5-3-4-6-10(8)9(2)7-14(11,12)13/h3-6H,2,7H2,1H3. The fourth-order valence-electron chi connectivity index (χ4n) is 1.26. The van der Waals surface area contributed by atoms with Gasteiger partial charge < -0.3 is 0 Å². The second-order valence-electron chi connectivity index (χ2n) is 3.10. The van der Waals surface area contributed by atoms with Gasteiger partial charge in [0.2, 0.25) is 9.05 Å². The highest BCUT2D eigenvalue weighted by atomic mass is 35.7. The summed E-state index contributed by atoms with van der Waals surface area (Å²) in [5, 5.41) is 0. The summed E-state index contributed by atoms with van der Waals surface area (Å²) in [6.45, 7) is 5.61. The van der Waals surface area contributed by atoms with Gasteiger partial charge in [0.1, 0.15) is 0 Å². The summed E-state index contributed by atoms with van der Waals surface area (Å²) in [5.41, 5.74) is 2.37. The molecule has 0 bridgehead atoms. The van der Waals surface area contributed by atoms with Crippen LogP contribution in [0.15, 0.2) is 30.8 Å². The number of hydrogen-bond donors (Lipinski definition) is 0. The summed E-state index contributed by atoms with van der Waals surface area (Å²) < 4.78 is 21.7. The van der Waals surface area contributed by atoms with Crippen LogP contribution in [0.3, 0.4) is 0 Å². The molecule has 0 heterocycles. The maximum absolute atomic E-state index is 10.8. The average molecular weight is 231 g/mol. The maximum atomic E-state index is 10.8. The number of rotatable bonds is 3. The first-order chi connectivity index (χ1) is 6.40. The molecule has 76 valence electrons. The van der Waals surface area contributed by atoms with E-state index >= 15 is 0 Å². The van der Waals surface area contributed by atoms with Crippen LogP contribution in [0.1, 0.15) is 11.1 Å². The zero-order valence-electron chi connectivity index (χ0n) is 7.83. The number of benzene rings is 1. The Hall–Kier alpha value is -0.800. The molecule has 0 spiro atoms. The minimum absolute atomic E-state index is 0.209. The molecule has 2 nitrogen and oxygen atoms in total. The first kappa shape index (κ1) is 11.3. The van der Waals surface area contributed by atoms with Gasteiger partial charge in [-0.1, -0.05) is 30.8 Å². The minimum atomic E-state index is -3.52. The first-order valence-corrected chi connectivity index (χ1v) is 6.54. The van der Waals surface area contributed by atoms with Crippen LogP contribution in [0.4, 0.5) is 0 Å². The van der Waals surface area contributed by atoms with Gasteiger partial charge >= 0.3 is 0 Å². The molecule has 14 heavy (non-hydrogen) atoms. The van der Waals surface area contributed by atoms with Crippen molar-refractivity contribution in [2.75, 3.05) is 5.75 Å². The average Bonchev–Trinajstić information content (AvgIpc) is 2.01. The Balaban J connectivity index is 2.97. The van der Waals surface area contributed by atoms with E-state index in [-0.39, 0.29) is 5.75 Å². The molecule has 1 rings (SSSR count). The van der Waals surface area contributed by atoms with E-state index < -0.39 is 9.05 Å². The van der Waals surface area contributed by atoms with Crippen molar-refractivity contribution in [1.82, 2.24) is 0 Å². The SMILES string of the molecule is C=C(CS(=O)(=O)Cl)c1ccccc1C. The summed E-state index contributed by atoms with van der Waals surface area (Å²) in [4.78, 5) is 0. The van der Waals surface area contributed by atoms with Gasteiger partial charge in [-0.2, -0.15) is 0 Å². The van der Waals surface area contributed by atoms with Gasteiger partial charge in [-0.15, -0.1) is 0 Å². The molecule has 0 N–H and O–H groups in total. The summed E-state index contributed by atoms with van der Waals surface area (Å²) in [6.07, 6.45) is 0. The van der Waals surface area contributed by atoms with Crippen LogP contribution in [-0.2, 0) is 9.05 Å². The molecule has 0 radical (unpaired) electrons. The lowest BCUT2D eigenvalue weighted by molar-refractivity contribution is 0.612. The fourth-order valence-corrected chi connectivity index (χ4v) is 2.22. The van der Waals surface area contributed by atoms with Crippen LogP contribution < -0.4 is 0 Å². The van der Waals surface area contributed by atoms with Crippen LogP contribution in [0.25, 0.3) is 5.57 Å². The Kier molecular flexibility index (Phi) is 3.34. The summed E-state index contributed by atoms with van der Waals surface area (Å²) in [6, 6.07) is 7.47. The van der Waals surface area contributed by atoms with Crippen LogP contribution in [0.5, 0.6) is 0 Å². The molecule has 1 aromatic rings. The highest BCUT2D eigenvalue weighted by molar-refractivity contribution is 8.14. The lowest BCUT2D eigenvalue weighted by Gasteiger charge is -2.06. The van der Waals surface area contributed by atoms with E-state index in [1.54, 1.807) is 0 Å². The molecule has 0 amide bonds. The third-order valence-corrected chi connectivity index (χ3v) is 2.89. The Morgan fingerprint density at radius 2 is 2.00 bits per heavy atom. The van der Waals surface area contributed by atoms with Crippen molar-refractivity contribution in [2.24, 2.45) is 0 Å². The van der Waals surface area contributed by atoms with Crippen molar-refractivity contribution < 1.29 is 8.42 Å². The summed E-state index contributed by atoms with van der Waals surface area (Å²) in [5.74, 6) is -0.209. The van der Waals surface area contributed by atoms with Crippen LogP contribution in [0.2, 0.25) is 0 Å². The van der Waals surface area contributed by atoms with Crippen molar-refractivity contribution in [1.29, 1.82) is 0 Å². The predicted molar refractivity (Wildman–Crippen MR) is 59.9 cm³/mol. The molecule has 0 aromatic heterocycles. The number of aryl methyl sites for hydroxylation is 1. The Morgan fingerprint density at radius 1 is 1.43 bits per heavy atom. The quantitative estimate of drug-likeness (QED) is 0.748. The van der Waals surface area contributed by atoms with E-state index in [9.17, 15) is 8.42 Å². The molecule has 0 unspecified atom stereocenters. The van der Waals surface area contributed by atoms with Crippen molar-refractivity contribution in [3.05, 3.63) is 42.0 Å². The van der Waals surface area contributed by atoms with E-state index in [1.165, 1.54) is 0 Å². The molecule has 0 aliphatic heterocycles. The Labute approximate surface area is 88.6 Å². The zero-order chi connectivity index (χ0) is 10.8. The van der Waals surface area contributed by atoms with Crippen molar-refractivity contribution >= 4 is 25.3 Å². The topological polar surface area (TPSA) is 34.1 Å². The highest BCUT2D eigenvalue weighted by Gasteiger charge is 2.10. The van der Waals surface area contributed by atoms with E-state index in [2.05, 4.69) is 6.58 Å². The molecule has 0 aliphatic rings. The molecule has 0 saturated carbocycles. The molecule has 4 heteroatoms. The second-order valence-corrected chi connectivity index (χ2v) is 5.88. The fraction of sp³-hybridized carbons (Fsp3) is 0.200. The predicted octanol–water partition coefficient (Wildman–Crippen LogP) is 2.58. The molecular weight excluding hydrogens is 220 g/mol. The summed E-state index contributed by atoms with van der Waals surface area (Å²) >= 11 is 0. The molecular formula is C10H11ClO2S. The number of hydrogen-bond acceptors (Lipinski definition) is 2. The summed E-state index contributed by atoms with van der Waals surface area (Å²) in [7, 11) is 1.63. The molecule has 0 atom stereocenters. The van der Waals surface area contributed by atoms with Gasteiger partial charge in [0.05, 0.1) is 5.75 Å². The Bertz CT molecular complexity index is 449. The largest absolute Gasteiger partial charge is 0.236 e. The monoisotopic (exact) mass is 230 g/mol. The lowest BCUT2D eigenvalue weighted by Crippen LogP contribution is -2.00. The third-order valence-electron chi connectivity index (χ3n) is 1.87. The highest BCUT2D eigenvalue weighted by Crippen LogP contribution is 2.19. The van der Waals surface area contributed by atoms with Crippen molar-refractivity contribution in [3.8, 4) is 0 Å². The smallest absolute Gasteiger partial charge is 0.212 e. The molecule has 0 saturated heterocycles. The first-order valence-electron chi connectivity index (χ1n) is 4.06. The molecule has 0 aliphatic carbocycles.